The largest absolute Gasteiger partial charge is 0.454 e. The van der Waals surface area contributed by atoms with Gasteiger partial charge in [0.25, 0.3) is 5.56 Å². The topological polar surface area (TPSA) is 116 Å². The van der Waals surface area contributed by atoms with Crippen molar-refractivity contribution in [2.45, 2.75) is 23.8 Å². The van der Waals surface area contributed by atoms with Crippen LogP contribution < -0.4 is 10.5 Å². The maximum atomic E-state index is 13.2. The van der Waals surface area contributed by atoms with Crippen LogP contribution >= 0.6 is 11.8 Å². The van der Waals surface area contributed by atoms with Crippen LogP contribution in [-0.4, -0.2) is 45.0 Å². The van der Waals surface area contributed by atoms with E-state index in [0.29, 0.717) is 27.3 Å². The normalized spacial score (nSPS) is 15.1. The number of ether oxygens (including phenoxy) is 1. The van der Waals surface area contributed by atoms with Gasteiger partial charge in [-0.05, 0) is 43.3 Å². The van der Waals surface area contributed by atoms with E-state index in [2.05, 4.69) is 4.98 Å². The van der Waals surface area contributed by atoms with Crippen molar-refractivity contribution >= 4 is 51.9 Å². The van der Waals surface area contributed by atoms with Gasteiger partial charge in [0.15, 0.2) is 17.5 Å². The summed E-state index contributed by atoms with van der Waals surface area (Å²) >= 11 is 1.07. The maximum Gasteiger partial charge on any atom is 0.338 e. The summed E-state index contributed by atoms with van der Waals surface area (Å²) in [7, 11) is 1.58. The Morgan fingerprint density at radius 1 is 0.949 bits per heavy atom. The number of hydrogen-bond donors (Lipinski definition) is 0. The molecule has 10 heteroatoms. The van der Waals surface area contributed by atoms with E-state index in [1.807, 2.05) is 6.92 Å². The number of aryl methyl sites for hydroxylation is 1. The molecule has 0 N–H and O–H groups in total. The van der Waals surface area contributed by atoms with Gasteiger partial charge in [-0.3, -0.25) is 23.7 Å². The molecule has 0 spiro atoms. The van der Waals surface area contributed by atoms with E-state index in [0.717, 1.165) is 22.2 Å². The van der Waals surface area contributed by atoms with Gasteiger partial charge in [0.05, 0.1) is 22.2 Å². The fourth-order valence-corrected chi connectivity index (χ4v) is 5.26. The molecule has 1 fully saturated rings. The standard InChI is InChI=1S/C29H23N3O6S/c1-17-7-9-18(10-8-17)23(33)16-38-28(37)19-11-13-20(14-12-19)32-25(34)15-24(27(32)36)39-29-30-22-6-4-3-5-21(22)26(35)31(29)2/h3-14,24H,15-16H2,1-2H3. The number of carbonyl (C=O) groups is 4. The van der Waals surface area contributed by atoms with Gasteiger partial charge in [0, 0.05) is 19.0 Å². The quantitative estimate of drug-likeness (QED) is 0.151. The summed E-state index contributed by atoms with van der Waals surface area (Å²) in [6.07, 6.45) is -0.0584. The van der Waals surface area contributed by atoms with Gasteiger partial charge in [-0.15, -0.1) is 0 Å². The summed E-state index contributed by atoms with van der Waals surface area (Å²) in [5.41, 5.74) is 2.22. The van der Waals surface area contributed by atoms with Crippen LogP contribution in [0.2, 0.25) is 0 Å². The van der Waals surface area contributed by atoms with Crippen molar-refractivity contribution in [3.05, 3.63) is 99.8 Å². The molecule has 1 aromatic heterocycles. The van der Waals surface area contributed by atoms with E-state index >= 15 is 0 Å². The fraction of sp³-hybridized carbons (Fsp3) is 0.172. The Morgan fingerprint density at radius 3 is 2.33 bits per heavy atom. The smallest absolute Gasteiger partial charge is 0.338 e. The number of ketones is 1. The molecule has 4 aromatic rings. The van der Waals surface area contributed by atoms with E-state index in [9.17, 15) is 24.0 Å². The zero-order valence-corrected chi connectivity index (χ0v) is 21.9. The molecule has 39 heavy (non-hydrogen) atoms. The van der Waals surface area contributed by atoms with Gasteiger partial charge in [-0.25, -0.2) is 14.7 Å². The number of benzene rings is 3. The van der Waals surface area contributed by atoms with Crippen LogP contribution in [-0.2, 0) is 21.4 Å². The number of thioether (sulfide) groups is 1. The van der Waals surface area contributed by atoms with Crippen LogP contribution in [0.3, 0.4) is 0 Å². The third-order valence-corrected chi connectivity index (χ3v) is 7.59. The third-order valence-electron chi connectivity index (χ3n) is 6.36. The second-order valence-electron chi connectivity index (χ2n) is 9.07. The number of carbonyl (C=O) groups excluding carboxylic acids is 4. The van der Waals surface area contributed by atoms with Gasteiger partial charge in [0.1, 0.15) is 5.25 Å². The van der Waals surface area contributed by atoms with Gasteiger partial charge >= 0.3 is 5.97 Å². The highest BCUT2D eigenvalue weighted by atomic mass is 32.2. The lowest BCUT2D eigenvalue weighted by Crippen LogP contribution is -2.31. The van der Waals surface area contributed by atoms with Crippen LogP contribution in [0, 0.1) is 6.92 Å². The first kappa shape index (κ1) is 26.1. The molecule has 0 bridgehead atoms. The Hall–Kier alpha value is -4.57. The maximum absolute atomic E-state index is 13.2. The molecule has 196 valence electrons. The molecule has 0 saturated carbocycles. The summed E-state index contributed by atoms with van der Waals surface area (Å²) in [6, 6.07) is 19.7. The fourth-order valence-electron chi connectivity index (χ4n) is 4.18. The van der Waals surface area contributed by atoms with Crippen LogP contribution in [0.1, 0.15) is 32.7 Å². The zero-order chi connectivity index (χ0) is 27.7. The van der Waals surface area contributed by atoms with Gasteiger partial charge < -0.3 is 4.74 Å². The zero-order valence-electron chi connectivity index (χ0n) is 21.1. The van der Waals surface area contributed by atoms with Crippen molar-refractivity contribution in [3.63, 3.8) is 0 Å². The number of imide groups is 1. The number of esters is 1. The highest BCUT2D eigenvalue weighted by Gasteiger charge is 2.41. The summed E-state index contributed by atoms with van der Waals surface area (Å²) in [4.78, 5) is 68.9. The first-order valence-electron chi connectivity index (χ1n) is 12.1. The number of anilines is 1. The lowest BCUT2D eigenvalue weighted by Gasteiger charge is -2.16. The van der Waals surface area contributed by atoms with Crippen LogP contribution in [0.15, 0.2) is 82.7 Å². The molecule has 2 amide bonds. The SMILES string of the molecule is Cc1ccc(C(=O)COC(=O)c2ccc(N3C(=O)CC(Sc4nc5ccccc5c(=O)n4C)C3=O)cc2)cc1. The first-order valence-corrected chi connectivity index (χ1v) is 13.0. The molecule has 1 saturated heterocycles. The van der Waals surface area contributed by atoms with E-state index in [1.165, 1.54) is 28.8 Å². The Balaban J connectivity index is 1.26. The molecule has 0 aliphatic carbocycles. The van der Waals surface area contributed by atoms with Gasteiger partial charge in [-0.2, -0.15) is 0 Å². The summed E-state index contributed by atoms with van der Waals surface area (Å²) in [6.45, 7) is 1.50. The minimum Gasteiger partial charge on any atom is -0.454 e. The average molecular weight is 542 g/mol. The second kappa shape index (κ2) is 10.7. The Kier molecular flexibility index (Phi) is 7.12. The number of fused-ring (bicyclic) bond motifs is 1. The molecule has 3 aromatic carbocycles. The Bertz CT molecular complexity index is 1680. The van der Waals surface area contributed by atoms with Gasteiger partial charge in [0.2, 0.25) is 11.8 Å². The minimum absolute atomic E-state index is 0.0584. The van der Waals surface area contributed by atoms with E-state index in [1.54, 1.807) is 55.6 Å². The molecule has 1 aliphatic heterocycles. The number of Topliss-reactive ketones (excluding diaryl/α,β-unsaturated/α-hetero) is 1. The third kappa shape index (κ3) is 5.23. The number of amides is 2. The van der Waals surface area contributed by atoms with Crippen molar-refractivity contribution in [3.8, 4) is 0 Å². The van der Waals surface area contributed by atoms with Crippen molar-refractivity contribution in [1.82, 2.24) is 9.55 Å². The second-order valence-corrected chi connectivity index (χ2v) is 10.2. The molecular weight excluding hydrogens is 518 g/mol. The molecule has 1 aliphatic rings. The van der Waals surface area contributed by atoms with Crippen molar-refractivity contribution in [1.29, 1.82) is 0 Å². The molecular formula is C29H23N3O6S. The van der Waals surface area contributed by atoms with Crippen molar-refractivity contribution in [2.24, 2.45) is 7.05 Å². The number of aromatic nitrogens is 2. The van der Waals surface area contributed by atoms with E-state index in [4.69, 9.17) is 4.74 Å². The molecule has 0 radical (unpaired) electrons. The van der Waals surface area contributed by atoms with Crippen LogP contribution in [0.5, 0.6) is 0 Å². The van der Waals surface area contributed by atoms with Crippen molar-refractivity contribution in [2.75, 3.05) is 11.5 Å². The lowest BCUT2D eigenvalue weighted by molar-refractivity contribution is -0.121. The molecule has 2 heterocycles. The highest BCUT2D eigenvalue weighted by molar-refractivity contribution is 8.00. The van der Waals surface area contributed by atoms with Crippen LogP contribution in [0.25, 0.3) is 10.9 Å². The monoisotopic (exact) mass is 541 g/mol. The molecule has 9 nitrogen and oxygen atoms in total. The number of hydrogen-bond acceptors (Lipinski definition) is 8. The average Bonchev–Trinajstić information content (AvgIpc) is 3.22. The number of nitrogens with zero attached hydrogens (tertiary/aromatic N) is 3. The minimum atomic E-state index is -0.755. The Morgan fingerprint density at radius 2 is 1.62 bits per heavy atom. The predicted octanol–water partition coefficient (Wildman–Crippen LogP) is 3.71. The van der Waals surface area contributed by atoms with E-state index in [-0.39, 0.29) is 23.3 Å². The Labute approximate surface area is 227 Å². The van der Waals surface area contributed by atoms with Crippen molar-refractivity contribution < 1.29 is 23.9 Å². The summed E-state index contributed by atoms with van der Waals surface area (Å²) < 4.78 is 6.52. The number of para-hydroxylation sites is 1. The first-order chi connectivity index (χ1) is 18.7. The van der Waals surface area contributed by atoms with Crippen LogP contribution in [0.4, 0.5) is 5.69 Å². The van der Waals surface area contributed by atoms with Gasteiger partial charge in [-0.1, -0.05) is 53.7 Å². The highest BCUT2D eigenvalue weighted by Crippen LogP contribution is 2.33. The summed E-state index contributed by atoms with van der Waals surface area (Å²) in [5.74, 6) is -1.86. The molecule has 1 atom stereocenters. The van der Waals surface area contributed by atoms with E-state index < -0.39 is 29.6 Å². The molecule has 1 unspecified atom stereocenters. The molecule has 5 rings (SSSR count). The predicted molar refractivity (Wildman–Crippen MR) is 146 cm³/mol. The summed E-state index contributed by atoms with van der Waals surface area (Å²) in [5, 5.41) is 0.0529. The lowest BCUT2D eigenvalue weighted by atomic mass is 10.1. The number of rotatable bonds is 7.